The molecule has 0 saturated carbocycles. The predicted octanol–water partition coefficient (Wildman–Crippen LogP) is 3.30. The van der Waals surface area contributed by atoms with Crippen LogP contribution >= 0.6 is 0 Å². The molecule has 0 aliphatic rings. The fourth-order valence-electron chi connectivity index (χ4n) is 2.34. The van der Waals surface area contributed by atoms with Crippen LogP contribution in [-0.4, -0.2) is 24.5 Å². The van der Waals surface area contributed by atoms with Crippen LogP contribution in [0.2, 0.25) is 0 Å². The molecule has 0 aliphatic heterocycles. The average Bonchev–Trinajstić information content (AvgIpc) is 2.67. The van der Waals surface area contributed by atoms with E-state index in [-0.39, 0.29) is 17.2 Å². The van der Waals surface area contributed by atoms with Crippen molar-refractivity contribution in [2.24, 2.45) is 0 Å². The first kappa shape index (κ1) is 19.3. The number of sulfonamides is 1. The van der Waals surface area contributed by atoms with Gasteiger partial charge in [-0.05, 0) is 42.5 Å². The van der Waals surface area contributed by atoms with E-state index in [4.69, 9.17) is 9.84 Å². The van der Waals surface area contributed by atoms with Gasteiger partial charge in [-0.2, -0.15) is 0 Å². The van der Waals surface area contributed by atoms with Crippen LogP contribution in [-0.2, 0) is 16.6 Å². The normalized spacial score (nSPS) is 11.0. The van der Waals surface area contributed by atoms with Gasteiger partial charge in [-0.3, -0.25) is 9.71 Å². The number of ether oxygens (including phenoxy) is 1. The zero-order valence-corrected chi connectivity index (χ0v) is 15.2. The number of rotatable bonds is 7. The number of carboxylic acid groups (broad SMARTS) is 1. The molecule has 0 spiro atoms. The lowest BCUT2D eigenvalue weighted by Gasteiger charge is -2.11. The van der Waals surface area contributed by atoms with Crippen molar-refractivity contribution in [2.75, 3.05) is 4.72 Å². The molecule has 144 valence electrons. The van der Waals surface area contributed by atoms with Crippen molar-refractivity contribution in [1.29, 1.82) is 0 Å². The lowest BCUT2D eigenvalue weighted by molar-refractivity contribution is 0.0691. The van der Waals surface area contributed by atoms with E-state index in [1.165, 1.54) is 12.1 Å². The summed E-state index contributed by atoms with van der Waals surface area (Å²) in [6.45, 7) is 0.205. The Morgan fingerprint density at radius 1 is 1.11 bits per heavy atom. The van der Waals surface area contributed by atoms with E-state index in [0.717, 1.165) is 18.2 Å². The van der Waals surface area contributed by atoms with E-state index in [1.54, 1.807) is 30.5 Å². The minimum Gasteiger partial charge on any atom is -0.487 e. The first-order chi connectivity index (χ1) is 13.3. The third-order valence-corrected chi connectivity index (χ3v) is 5.06. The van der Waals surface area contributed by atoms with Gasteiger partial charge in [0.1, 0.15) is 18.2 Å². The van der Waals surface area contributed by atoms with Gasteiger partial charge in [-0.15, -0.1) is 0 Å². The van der Waals surface area contributed by atoms with Crippen LogP contribution in [0, 0.1) is 5.82 Å². The maximum Gasteiger partial charge on any atom is 0.338 e. The minimum atomic E-state index is -4.12. The molecule has 0 radical (unpaired) electrons. The van der Waals surface area contributed by atoms with Gasteiger partial charge in [0.05, 0.1) is 21.8 Å². The lowest BCUT2D eigenvalue weighted by Crippen LogP contribution is -2.14. The van der Waals surface area contributed by atoms with Crippen molar-refractivity contribution in [3.8, 4) is 5.75 Å². The Hall–Kier alpha value is -3.46. The molecule has 1 heterocycles. The minimum absolute atomic E-state index is 0.205. The fourth-order valence-corrected chi connectivity index (χ4v) is 3.41. The number of aromatic nitrogens is 1. The summed E-state index contributed by atoms with van der Waals surface area (Å²) < 4.78 is 46.4. The number of benzene rings is 2. The van der Waals surface area contributed by atoms with E-state index >= 15 is 0 Å². The number of halogens is 1. The molecule has 0 fully saturated rings. The Kier molecular flexibility index (Phi) is 5.55. The average molecular weight is 402 g/mol. The third kappa shape index (κ3) is 4.63. The first-order valence-electron chi connectivity index (χ1n) is 8.03. The highest BCUT2D eigenvalue weighted by atomic mass is 32.2. The smallest absolute Gasteiger partial charge is 0.338 e. The molecule has 3 aromatic rings. The number of aromatic carboxylic acids is 1. The van der Waals surface area contributed by atoms with Gasteiger partial charge in [-0.1, -0.05) is 12.1 Å². The molecule has 7 nitrogen and oxygen atoms in total. The molecule has 1 aromatic heterocycles. The summed E-state index contributed by atoms with van der Waals surface area (Å²) in [5.74, 6) is -2.16. The Balaban J connectivity index is 1.77. The zero-order valence-electron chi connectivity index (χ0n) is 14.4. The van der Waals surface area contributed by atoms with Crippen LogP contribution in [0.15, 0.2) is 71.8 Å². The highest BCUT2D eigenvalue weighted by Crippen LogP contribution is 2.23. The number of nitrogens with one attached hydrogen (secondary N) is 1. The fraction of sp³-hybridized carbons (Fsp3) is 0.0526. The Morgan fingerprint density at radius 3 is 2.64 bits per heavy atom. The number of hydrogen-bond acceptors (Lipinski definition) is 5. The largest absolute Gasteiger partial charge is 0.487 e. The molecule has 0 aliphatic carbocycles. The summed E-state index contributed by atoms with van der Waals surface area (Å²) in [7, 11) is -4.12. The van der Waals surface area contributed by atoms with Crippen molar-refractivity contribution < 1.29 is 27.4 Å². The third-order valence-electron chi connectivity index (χ3n) is 3.68. The van der Waals surface area contributed by atoms with Crippen LogP contribution in [0.5, 0.6) is 5.75 Å². The lowest BCUT2D eigenvalue weighted by atomic mass is 10.2. The SMILES string of the molecule is O=C(O)c1cc(S(=O)(=O)Nc2cccc(OCc3ccccn3)c2)ccc1F. The Labute approximate surface area is 160 Å². The molecular formula is C19H15FN2O5S. The topological polar surface area (TPSA) is 106 Å². The van der Waals surface area contributed by atoms with E-state index in [0.29, 0.717) is 11.4 Å². The quantitative estimate of drug-likeness (QED) is 0.628. The highest BCUT2D eigenvalue weighted by molar-refractivity contribution is 7.92. The maximum atomic E-state index is 13.5. The van der Waals surface area contributed by atoms with Crippen molar-refractivity contribution in [2.45, 2.75) is 11.5 Å². The van der Waals surface area contributed by atoms with Crippen LogP contribution < -0.4 is 9.46 Å². The number of hydrogen-bond donors (Lipinski definition) is 2. The Bertz CT molecular complexity index is 1100. The second kappa shape index (κ2) is 8.05. The molecule has 9 heteroatoms. The van der Waals surface area contributed by atoms with E-state index in [2.05, 4.69) is 9.71 Å². The number of nitrogens with zero attached hydrogens (tertiary/aromatic N) is 1. The molecule has 0 unspecified atom stereocenters. The van der Waals surface area contributed by atoms with Gasteiger partial charge < -0.3 is 9.84 Å². The standard InChI is InChI=1S/C19H15FN2O5S/c20-18-8-7-16(11-17(18)19(23)24)28(25,26)22-13-5-3-6-15(10-13)27-12-14-4-1-2-9-21-14/h1-11,22H,12H2,(H,23,24). The molecule has 0 bridgehead atoms. The number of pyridine rings is 1. The molecule has 0 amide bonds. The second-order valence-electron chi connectivity index (χ2n) is 5.69. The second-order valence-corrected chi connectivity index (χ2v) is 7.37. The molecule has 3 rings (SSSR count). The highest BCUT2D eigenvalue weighted by Gasteiger charge is 2.19. The van der Waals surface area contributed by atoms with Crippen molar-refractivity contribution in [1.82, 2.24) is 4.98 Å². The summed E-state index contributed by atoms with van der Waals surface area (Å²) in [4.78, 5) is 14.8. The van der Waals surface area contributed by atoms with E-state index in [1.807, 2.05) is 6.07 Å². The summed E-state index contributed by atoms with van der Waals surface area (Å²) in [5.41, 5.74) is 0.191. The monoisotopic (exact) mass is 402 g/mol. The molecular weight excluding hydrogens is 387 g/mol. The summed E-state index contributed by atoms with van der Waals surface area (Å²) in [5, 5.41) is 8.96. The molecule has 2 N–H and O–H groups in total. The van der Waals surface area contributed by atoms with E-state index in [9.17, 15) is 17.6 Å². The van der Waals surface area contributed by atoms with Crippen molar-refractivity contribution >= 4 is 21.7 Å². The zero-order chi connectivity index (χ0) is 20.1. The van der Waals surface area contributed by atoms with E-state index < -0.39 is 27.4 Å². The van der Waals surface area contributed by atoms with Crippen LogP contribution in [0.4, 0.5) is 10.1 Å². The maximum absolute atomic E-state index is 13.5. The van der Waals surface area contributed by atoms with Crippen LogP contribution in [0.25, 0.3) is 0 Å². The molecule has 2 aromatic carbocycles. The summed E-state index contributed by atoms with van der Waals surface area (Å²) >= 11 is 0. The van der Waals surface area contributed by atoms with Gasteiger partial charge in [0.25, 0.3) is 10.0 Å². The first-order valence-corrected chi connectivity index (χ1v) is 9.52. The molecule has 0 atom stereocenters. The van der Waals surface area contributed by atoms with Crippen molar-refractivity contribution in [3.05, 3.63) is 83.9 Å². The number of carbonyl (C=O) groups is 1. The number of carboxylic acids is 1. The predicted molar refractivity (Wildman–Crippen MR) is 99.2 cm³/mol. The Morgan fingerprint density at radius 2 is 1.93 bits per heavy atom. The molecule has 0 saturated heterocycles. The summed E-state index contributed by atoms with van der Waals surface area (Å²) in [6.07, 6.45) is 1.64. The van der Waals surface area contributed by atoms with Crippen molar-refractivity contribution in [3.63, 3.8) is 0 Å². The van der Waals surface area contributed by atoms with Gasteiger partial charge in [0.15, 0.2) is 0 Å². The van der Waals surface area contributed by atoms with Gasteiger partial charge in [0, 0.05) is 12.3 Å². The van der Waals surface area contributed by atoms with Crippen LogP contribution in [0.3, 0.4) is 0 Å². The van der Waals surface area contributed by atoms with Gasteiger partial charge in [-0.25, -0.2) is 17.6 Å². The number of anilines is 1. The molecule has 28 heavy (non-hydrogen) atoms. The van der Waals surface area contributed by atoms with Crippen LogP contribution in [0.1, 0.15) is 16.1 Å². The van der Waals surface area contributed by atoms with Gasteiger partial charge >= 0.3 is 5.97 Å². The summed E-state index contributed by atoms with van der Waals surface area (Å²) in [6, 6.07) is 14.2. The van der Waals surface area contributed by atoms with Gasteiger partial charge in [0.2, 0.25) is 0 Å².